The largest absolute Gasteiger partial charge is 0.463 e. The van der Waals surface area contributed by atoms with E-state index in [-0.39, 0.29) is 18.6 Å². The molecule has 2 N–H and O–H groups in total. The van der Waals surface area contributed by atoms with Gasteiger partial charge in [0.15, 0.2) is 0 Å². The van der Waals surface area contributed by atoms with E-state index in [0.29, 0.717) is 18.9 Å². The van der Waals surface area contributed by atoms with Crippen molar-refractivity contribution in [2.45, 2.75) is 52.0 Å². The van der Waals surface area contributed by atoms with E-state index in [1.165, 1.54) is 0 Å². The molecule has 104 valence electrons. The number of esters is 1. The molecule has 1 aliphatic heterocycles. The van der Waals surface area contributed by atoms with Gasteiger partial charge in [0.1, 0.15) is 6.61 Å². The molecule has 0 aromatic heterocycles. The Morgan fingerprint density at radius 3 is 2.83 bits per heavy atom. The van der Waals surface area contributed by atoms with Crippen LogP contribution < -0.4 is 5.73 Å². The van der Waals surface area contributed by atoms with Gasteiger partial charge in [-0.15, -0.1) is 0 Å². The van der Waals surface area contributed by atoms with Gasteiger partial charge in [0.05, 0.1) is 6.04 Å². The standard InChI is InChI=1S/C13H24N2O3/c1-3-5-10(2)8-12(16)18-9-11-6-4-7-15(11)13(14)17/h10-11H,3-9H2,1-2H3,(H2,14,17). The van der Waals surface area contributed by atoms with Crippen molar-refractivity contribution in [1.82, 2.24) is 4.90 Å². The summed E-state index contributed by atoms with van der Waals surface area (Å²) >= 11 is 0. The van der Waals surface area contributed by atoms with E-state index in [1.807, 2.05) is 0 Å². The minimum absolute atomic E-state index is 0.0343. The molecular formula is C13H24N2O3. The van der Waals surface area contributed by atoms with Crippen LogP contribution in [0.4, 0.5) is 4.79 Å². The molecule has 0 aliphatic carbocycles. The third kappa shape index (κ3) is 4.55. The van der Waals surface area contributed by atoms with Gasteiger partial charge >= 0.3 is 12.0 Å². The molecule has 18 heavy (non-hydrogen) atoms. The zero-order valence-corrected chi connectivity index (χ0v) is 11.4. The molecule has 2 unspecified atom stereocenters. The van der Waals surface area contributed by atoms with Gasteiger partial charge in [-0.1, -0.05) is 26.7 Å². The van der Waals surface area contributed by atoms with Crippen molar-refractivity contribution in [3.63, 3.8) is 0 Å². The Balaban J connectivity index is 2.27. The lowest BCUT2D eigenvalue weighted by Crippen LogP contribution is -2.42. The lowest BCUT2D eigenvalue weighted by molar-refractivity contribution is -0.145. The SMILES string of the molecule is CCCC(C)CC(=O)OCC1CCCN1C(N)=O. The normalized spacial score (nSPS) is 20.8. The number of hydrogen-bond donors (Lipinski definition) is 1. The fraction of sp³-hybridized carbons (Fsp3) is 0.846. The van der Waals surface area contributed by atoms with E-state index in [9.17, 15) is 9.59 Å². The monoisotopic (exact) mass is 256 g/mol. The van der Waals surface area contributed by atoms with Crippen LogP contribution in [-0.2, 0) is 9.53 Å². The predicted molar refractivity (Wildman–Crippen MR) is 69.0 cm³/mol. The first kappa shape index (κ1) is 14.8. The molecule has 0 aromatic rings. The van der Waals surface area contributed by atoms with Crippen LogP contribution in [0.15, 0.2) is 0 Å². The minimum Gasteiger partial charge on any atom is -0.463 e. The average Bonchev–Trinajstić information content (AvgIpc) is 2.74. The fourth-order valence-corrected chi connectivity index (χ4v) is 2.43. The van der Waals surface area contributed by atoms with Crippen molar-refractivity contribution >= 4 is 12.0 Å². The Morgan fingerprint density at radius 1 is 1.50 bits per heavy atom. The summed E-state index contributed by atoms with van der Waals surface area (Å²) in [6, 6.07) is -0.458. The number of carbonyl (C=O) groups excluding carboxylic acids is 2. The number of nitrogens with two attached hydrogens (primary N) is 1. The maximum atomic E-state index is 11.6. The van der Waals surface area contributed by atoms with Crippen LogP contribution in [0.25, 0.3) is 0 Å². The molecule has 2 atom stereocenters. The van der Waals surface area contributed by atoms with E-state index < -0.39 is 6.03 Å². The van der Waals surface area contributed by atoms with Gasteiger partial charge in [0.2, 0.25) is 0 Å². The van der Waals surface area contributed by atoms with Gasteiger partial charge in [-0.2, -0.15) is 0 Å². The lowest BCUT2D eigenvalue weighted by Gasteiger charge is -2.22. The summed E-state index contributed by atoms with van der Waals surface area (Å²) < 4.78 is 5.23. The number of nitrogens with zero attached hydrogens (tertiary/aromatic N) is 1. The number of rotatable bonds is 6. The second kappa shape index (κ2) is 7.24. The second-order valence-electron chi connectivity index (χ2n) is 5.11. The van der Waals surface area contributed by atoms with E-state index in [2.05, 4.69) is 13.8 Å². The summed E-state index contributed by atoms with van der Waals surface area (Å²) in [4.78, 5) is 24.3. The van der Waals surface area contributed by atoms with Gasteiger partial charge in [-0.3, -0.25) is 4.79 Å². The van der Waals surface area contributed by atoms with Crippen molar-refractivity contribution in [3.05, 3.63) is 0 Å². The highest BCUT2D eigenvalue weighted by Gasteiger charge is 2.28. The van der Waals surface area contributed by atoms with Crippen LogP contribution in [0.2, 0.25) is 0 Å². The maximum Gasteiger partial charge on any atom is 0.315 e. The van der Waals surface area contributed by atoms with Crippen LogP contribution in [-0.4, -0.2) is 36.1 Å². The fourth-order valence-electron chi connectivity index (χ4n) is 2.43. The molecule has 1 rings (SSSR count). The molecule has 0 bridgehead atoms. The number of ether oxygens (including phenoxy) is 1. The van der Waals surface area contributed by atoms with Crippen molar-refractivity contribution in [1.29, 1.82) is 0 Å². The summed E-state index contributed by atoms with van der Waals surface area (Å²) in [5.74, 6) is 0.186. The molecule has 0 saturated carbocycles. The molecule has 0 aromatic carbocycles. The van der Waals surface area contributed by atoms with Crippen LogP contribution in [0, 0.1) is 5.92 Å². The molecule has 0 spiro atoms. The molecular weight excluding hydrogens is 232 g/mol. The van der Waals surface area contributed by atoms with Gasteiger partial charge < -0.3 is 15.4 Å². The molecule has 1 fully saturated rings. The highest BCUT2D eigenvalue weighted by atomic mass is 16.5. The van der Waals surface area contributed by atoms with E-state index in [4.69, 9.17) is 10.5 Å². The summed E-state index contributed by atoms with van der Waals surface area (Å²) in [6.07, 6.45) is 4.35. The summed E-state index contributed by atoms with van der Waals surface area (Å²) in [5.41, 5.74) is 5.26. The highest BCUT2D eigenvalue weighted by molar-refractivity contribution is 5.73. The molecule has 1 aliphatic rings. The first-order valence-electron chi connectivity index (χ1n) is 6.76. The number of primary amides is 1. The number of urea groups is 1. The number of carbonyl (C=O) groups is 2. The second-order valence-corrected chi connectivity index (χ2v) is 5.11. The molecule has 0 radical (unpaired) electrons. The third-order valence-electron chi connectivity index (χ3n) is 3.39. The zero-order chi connectivity index (χ0) is 13.5. The molecule has 5 nitrogen and oxygen atoms in total. The molecule has 2 amide bonds. The quantitative estimate of drug-likeness (QED) is 0.738. The number of amides is 2. The zero-order valence-electron chi connectivity index (χ0n) is 11.4. The Labute approximate surface area is 109 Å². The Bertz CT molecular complexity index is 294. The first-order chi connectivity index (χ1) is 8.54. The summed E-state index contributed by atoms with van der Waals surface area (Å²) in [7, 11) is 0. The highest BCUT2D eigenvalue weighted by Crippen LogP contribution is 2.17. The van der Waals surface area contributed by atoms with Crippen LogP contribution in [0.5, 0.6) is 0 Å². The van der Waals surface area contributed by atoms with E-state index in [0.717, 1.165) is 25.7 Å². The summed E-state index contributed by atoms with van der Waals surface area (Å²) in [6.45, 7) is 5.10. The number of likely N-dealkylation sites (tertiary alicyclic amines) is 1. The topological polar surface area (TPSA) is 72.6 Å². The van der Waals surface area contributed by atoms with Crippen LogP contribution in [0.1, 0.15) is 46.0 Å². The van der Waals surface area contributed by atoms with E-state index >= 15 is 0 Å². The third-order valence-corrected chi connectivity index (χ3v) is 3.39. The van der Waals surface area contributed by atoms with Crippen molar-refractivity contribution in [2.24, 2.45) is 11.7 Å². The Kier molecular flexibility index (Phi) is 5.95. The maximum absolute atomic E-state index is 11.6. The van der Waals surface area contributed by atoms with E-state index in [1.54, 1.807) is 4.90 Å². The smallest absolute Gasteiger partial charge is 0.315 e. The molecule has 5 heteroatoms. The van der Waals surface area contributed by atoms with Gasteiger partial charge in [-0.05, 0) is 18.8 Å². The lowest BCUT2D eigenvalue weighted by atomic mass is 10.0. The van der Waals surface area contributed by atoms with Crippen LogP contribution in [0.3, 0.4) is 0 Å². The van der Waals surface area contributed by atoms with Gasteiger partial charge in [-0.25, -0.2) is 4.79 Å². The Hall–Kier alpha value is -1.26. The number of hydrogen-bond acceptors (Lipinski definition) is 3. The van der Waals surface area contributed by atoms with Gasteiger partial charge in [0.25, 0.3) is 0 Å². The molecule has 1 heterocycles. The van der Waals surface area contributed by atoms with Crippen LogP contribution >= 0.6 is 0 Å². The summed E-state index contributed by atoms with van der Waals surface area (Å²) in [5, 5.41) is 0. The minimum atomic E-state index is -0.423. The predicted octanol–water partition coefficient (Wildman–Crippen LogP) is 1.90. The molecule has 1 saturated heterocycles. The van der Waals surface area contributed by atoms with Crippen molar-refractivity contribution in [3.8, 4) is 0 Å². The van der Waals surface area contributed by atoms with Crippen molar-refractivity contribution in [2.75, 3.05) is 13.2 Å². The average molecular weight is 256 g/mol. The van der Waals surface area contributed by atoms with Gasteiger partial charge in [0, 0.05) is 13.0 Å². The van der Waals surface area contributed by atoms with Crippen molar-refractivity contribution < 1.29 is 14.3 Å². The first-order valence-corrected chi connectivity index (χ1v) is 6.76. The Morgan fingerprint density at radius 2 is 2.22 bits per heavy atom.